The van der Waals surface area contributed by atoms with E-state index in [9.17, 15) is 17.6 Å². The maximum atomic E-state index is 13.2. The minimum absolute atomic E-state index is 0.127. The Morgan fingerprint density at radius 3 is 2.48 bits per heavy atom. The van der Waals surface area contributed by atoms with Crippen LogP contribution in [0.25, 0.3) is 0 Å². The molecule has 0 saturated heterocycles. The molecule has 0 aliphatic rings. The Labute approximate surface area is 139 Å². The van der Waals surface area contributed by atoms with Gasteiger partial charge in [-0.2, -0.15) is 23.3 Å². The Hall–Kier alpha value is -3.23. The van der Waals surface area contributed by atoms with E-state index in [0.717, 1.165) is 6.07 Å². The third-order valence-electron chi connectivity index (χ3n) is 3.13. The lowest BCUT2D eigenvalue weighted by Crippen LogP contribution is -2.10. The predicted molar refractivity (Wildman–Crippen MR) is 84.2 cm³/mol. The maximum Gasteiger partial charge on any atom is 0.418 e. The van der Waals surface area contributed by atoms with E-state index in [1.807, 2.05) is 0 Å². The number of benzene rings is 2. The average molecular weight is 349 g/mol. The zero-order valence-electron chi connectivity index (χ0n) is 12.5. The third-order valence-corrected chi connectivity index (χ3v) is 3.13. The van der Waals surface area contributed by atoms with Crippen molar-refractivity contribution in [1.29, 1.82) is 0 Å². The van der Waals surface area contributed by atoms with E-state index in [1.165, 1.54) is 42.6 Å². The first-order valence-electron chi connectivity index (χ1n) is 7.07. The van der Waals surface area contributed by atoms with Crippen LogP contribution in [0.1, 0.15) is 5.56 Å². The minimum atomic E-state index is -4.52. The number of halogens is 4. The van der Waals surface area contributed by atoms with Gasteiger partial charge in [0.15, 0.2) is 5.82 Å². The second-order valence-corrected chi connectivity index (χ2v) is 4.97. The third kappa shape index (κ3) is 4.19. The van der Waals surface area contributed by atoms with Crippen molar-refractivity contribution in [2.45, 2.75) is 6.18 Å². The molecule has 2 aromatic carbocycles. The minimum Gasteiger partial charge on any atom is -0.339 e. The van der Waals surface area contributed by atoms with Gasteiger partial charge >= 0.3 is 6.18 Å². The van der Waals surface area contributed by atoms with Crippen LogP contribution in [-0.2, 0) is 6.18 Å². The van der Waals surface area contributed by atoms with E-state index in [-0.39, 0.29) is 17.5 Å². The molecule has 1 heterocycles. The van der Waals surface area contributed by atoms with Gasteiger partial charge in [-0.1, -0.05) is 18.2 Å². The molecular weight excluding hydrogens is 338 g/mol. The SMILES string of the molecule is Fc1cccc(Nc2cnnc(Nc3ccccc3C(F)(F)F)n2)c1. The molecule has 0 unspecified atom stereocenters. The summed E-state index contributed by atoms with van der Waals surface area (Å²) >= 11 is 0. The number of alkyl halides is 3. The van der Waals surface area contributed by atoms with Gasteiger partial charge in [0.1, 0.15) is 5.82 Å². The van der Waals surface area contributed by atoms with E-state index in [1.54, 1.807) is 6.07 Å². The first kappa shape index (κ1) is 16.6. The molecule has 0 amide bonds. The molecule has 128 valence electrons. The van der Waals surface area contributed by atoms with Gasteiger partial charge in [-0.3, -0.25) is 0 Å². The normalized spacial score (nSPS) is 11.2. The van der Waals surface area contributed by atoms with Crippen molar-refractivity contribution >= 4 is 23.1 Å². The van der Waals surface area contributed by atoms with Crippen LogP contribution in [0.4, 0.5) is 40.7 Å². The first-order chi connectivity index (χ1) is 11.9. The van der Waals surface area contributed by atoms with Crippen molar-refractivity contribution in [1.82, 2.24) is 15.2 Å². The van der Waals surface area contributed by atoms with Crippen LogP contribution in [0.15, 0.2) is 54.7 Å². The summed E-state index contributed by atoms with van der Waals surface area (Å²) in [5.41, 5.74) is -0.621. The number of nitrogens with zero attached hydrogens (tertiary/aromatic N) is 3. The van der Waals surface area contributed by atoms with Gasteiger partial charge in [0, 0.05) is 5.69 Å². The van der Waals surface area contributed by atoms with Gasteiger partial charge in [-0.05, 0) is 30.3 Å². The molecule has 1 aromatic heterocycles. The van der Waals surface area contributed by atoms with Crippen molar-refractivity contribution < 1.29 is 17.6 Å². The van der Waals surface area contributed by atoms with E-state index < -0.39 is 17.6 Å². The number of para-hydroxylation sites is 1. The maximum absolute atomic E-state index is 13.2. The van der Waals surface area contributed by atoms with Crippen LogP contribution >= 0.6 is 0 Å². The zero-order chi connectivity index (χ0) is 17.9. The number of anilines is 4. The summed E-state index contributed by atoms with van der Waals surface area (Å²) in [5.74, 6) is -0.366. The topological polar surface area (TPSA) is 62.7 Å². The monoisotopic (exact) mass is 349 g/mol. The first-order valence-corrected chi connectivity index (χ1v) is 7.07. The summed E-state index contributed by atoms with van der Waals surface area (Å²) in [7, 11) is 0. The van der Waals surface area contributed by atoms with E-state index >= 15 is 0 Å². The molecule has 0 atom stereocenters. The Morgan fingerprint density at radius 2 is 1.72 bits per heavy atom. The molecule has 3 rings (SSSR count). The van der Waals surface area contributed by atoms with Crippen molar-refractivity contribution in [2.75, 3.05) is 10.6 Å². The Morgan fingerprint density at radius 1 is 0.920 bits per heavy atom. The molecule has 25 heavy (non-hydrogen) atoms. The van der Waals surface area contributed by atoms with Gasteiger partial charge < -0.3 is 10.6 Å². The number of rotatable bonds is 4. The fourth-order valence-corrected chi connectivity index (χ4v) is 2.09. The fraction of sp³-hybridized carbons (Fsp3) is 0.0625. The summed E-state index contributed by atoms with van der Waals surface area (Å²) < 4.78 is 52.2. The van der Waals surface area contributed by atoms with Crippen molar-refractivity contribution in [2.24, 2.45) is 0 Å². The number of nitrogens with one attached hydrogen (secondary N) is 2. The van der Waals surface area contributed by atoms with E-state index in [4.69, 9.17) is 0 Å². The zero-order valence-corrected chi connectivity index (χ0v) is 12.5. The predicted octanol–water partition coefficient (Wildman–Crippen LogP) is 4.52. The second-order valence-electron chi connectivity index (χ2n) is 4.97. The van der Waals surface area contributed by atoms with E-state index in [0.29, 0.717) is 5.69 Å². The summed E-state index contributed by atoms with van der Waals surface area (Å²) in [5, 5.41) is 12.6. The summed E-state index contributed by atoms with van der Waals surface area (Å²) in [4.78, 5) is 4.03. The quantitative estimate of drug-likeness (QED) is 0.678. The molecule has 9 heteroatoms. The highest BCUT2D eigenvalue weighted by Crippen LogP contribution is 2.35. The van der Waals surface area contributed by atoms with Crippen LogP contribution in [0.2, 0.25) is 0 Å². The number of hydrogen-bond acceptors (Lipinski definition) is 5. The molecule has 0 bridgehead atoms. The summed E-state index contributed by atoms with van der Waals surface area (Å²) in [6, 6.07) is 10.6. The number of hydrogen-bond donors (Lipinski definition) is 2. The fourth-order valence-electron chi connectivity index (χ4n) is 2.09. The Bertz CT molecular complexity index is 882. The van der Waals surface area contributed by atoms with Gasteiger partial charge in [0.25, 0.3) is 0 Å². The Kier molecular flexibility index (Phi) is 4.46. The van der Waals surface area contributed by atoms with Gasteiger partial charge in [0.05, 0.1) is 17.4 Å². The molecule has 0 spiro atoms. The lowest BCUT2D eigenvalue weighted by molar-refractivity contribution is -0.136. The van der Waals surface area contributed by atoms with Gasteiger partial charge in [-0.15, -0.1) is 5.10 Å². The molecule has 5 nitrogen and oxygen atoms in total. The molecule has 0 saturated carbocycles. The van der Waals surface area contributed by atoms with Crippen LogP contribution in [0.3, 0.4) is 0 Å². The van der Waals surface area contributed by atoms with Gasteiger partial charge in [0.2, 0.25) is 5.95 Å². The lowest BCUT2D eigenvalue weighted by Gasteiger charge is -2.13. The smallest absolute Gasteiger partial charge is 0.339 e. The highest BCUT2D eigenvalue weighted by Gasteiger charge is 2.33. The van der Waals surface area contributed by atoms with Crippen LogP contribution in [0, 0.1) is 5.82 Å². The molecule has 0 aliphatic heterocycles. The standard InChI is InChI=1S/C16H11F4N5/c17-10-4-3-5-11(8-10)22-14-9-21-25-15(24-14)23-13-7-2-1-6-12(13)16(18,19)20/h1-9H,(H2,22,23,24,25). The van der Waals surface area contributed by atoms with Gasteiger partial charge in [-0.25, -0.2) is 4.39 Å². The van der Waals surface area contributed by atoms with Crippen LogP contribution < -0.4 is 10.6 Å². The van der Waals surface area contributed by atoms with Crippen molar-refractivity contribution in [3.05, 3.63) is 66.1 Å². The average Bonchev–Trinajstić information content (AvgIpc) is 2.55. The molecule has 0 fully saturated rings. The van der Waals surface area contributed by atoms with Crippen molar-refractivity contribution in [3.8, 4) is 0 Å². The summed E-state index contributed by atoms with van der Waals surface area (Å²) in [6.07, 6.45) is -3.25. The van der Waals surface area contributed by atoms with Crippen molar-refractivity contribution in [3.63, 3.8) is 0 Å². The van der Waals surface area contributed by atoms with E-state index in [2.05, 4.69) is 25.8 Å². The summed E-state index contributed by atoms with van der Waals surface area (Å²) in [6.45, 7) is 0. The lowest BCUT2D eigenvalue weighted by atomic mass is 10.1. The molecule has 0 aliphatic carbocycles. The highest BCUT2D eigenvalue weighted by molar-refractivity contribution is 5.61. The van der Waals surface area contributed by atoms with Crippen LogP contribution in [-0.4, -0.2) is 15.2 Å². The largest absolute Gasteiger partial charge is 0.418 e. The molecule has 2 N–H and O–H groups in total. The molecule has 3 aromatic rings. The molecular formula is C16H11F4N5. The number of aromatic nitrogens is 3. The molecule has 0 radical (unpaired) electrons. The highest BCUT2D eigenvalue weighted by atomic mass is 19.4. The second kappa shape index (κ2) is 6.71. The Balaban J connectivity index is 1.83. The van der Waals surface area contributed by atoms with Crippen LogP contribution in [0.5, 0.6) is 0 Å².